The maximum absolute atomic E-state index is 13.3. The molecule has 0 aromatic heterocycles. The summed E-state index contributed by atoms with van der Waals surface area (Å²) >= 11 is 6.27. The molecule has 2 atom stereocenters. The van der Waals surface area contributed by atoms with E-state index in [-0.39, 0.29) is 29.6 Å². The van der Waals surface area contributed by atoms with E-state index >= 15 is 0 Å². The third-order valence-electron chi connectivity index (χ3n) is 5.76. The number of amides is 2. The second-order valence-corrected chi connectivity index (χ2v) is 10.4. The molecule has 0 radical (unpaired) electrons. The predicted molar refractivity (Wildman–Crippen MR) is 112 cm³/mol. The molecule has 0 saturated carbocycles. The maximum atomic E-state index is 13.3. The summed E-state index contributed by atoms with van der Waals surface area (Å²) in [5.41, 5.74) is 4.81. The van der Waals surface area contributed by atoms with Crippen LogP contribution in [0.1, 0.15) is 22.3 Å². The number of rotatable bonds is 3. The average Bonchev–Trinajstić information content (AvgIpc) is 3.04. The lowest BCUT2D eigenvalue weighted by molar-refractivity contribution is 0.205. The van der Waals surface area contributed by atoms with Crippen molar-refractivity contribution in [2.24, 2.45) is 0 Å². The summed E-state index contributed by atoms with van der Waals surface area (Å²) in [5, 5.41) is 0.565. The number of fused-ring (bicyclic) bond motifs is 1. The lowest BCUT2D eigenvalue weighted by Gasteiger charge is -2.23. The fourth-order valence-corrected chi connectivity index (χ4v) is 6.27. The number of carbonyl (C=O) groups excluding carboxylic acids is 1. The second-order valence-electron chi connectivity index (χ2n) is 7.86. The van der Waals surface area contributed by atoms with Crippen molar-refractivity contribution in [2.75, 3.05) is 16.4 Å². The molecule has 2 aromatic carbocycles. The highest BCUT2D eigenvalue weighted by Crippen LogP contribution is 2.37. The van der Waals surface area contributed by atoms with Gasteiger partial charge in [0.2, 0.25) is 0 Å². The van der Waals surface area contributed by atoms with Gasteiger partial charge < -0.3 is 4.90 Å². The van der Waals surface area contributed by atoms with Gasteiger partial charge in [-0.05, 0) is 49.6 Å². The van der Waals surface area contributed by atoms with E-state index in [0.717, 1.165) is 22.3 Å². The summed E-state index contributed by atoms with van der Waals surface area (Å²) in [5.74, 6) is -0.0113. The minimum Gasteiger partial charge on any atom is -0.314 e. The normalized spacial score (nSPS) is 23.4. The van der Waals surface area contributed by atoms with Gasteiger partial charge in [-0.25, -0.2) is 13.2 Å². The molecule has 148 valence electrons. The molecule has 2 aliphatic heterocycles. The number of nitrogens with zero attached hydrogens (tertiary/aromatic N) is 2. The van der Waals surface area contributed by atoms with Crippen LogP contribution in [0.25, 0.3) is 0 Å². The highest BCUT2D eigenvalue weighted by atomic mass is 35.5. The molecule has 5 nitrogen and oxygen atoms in total. The third kappa shape index (κ3) is 3.29. The molecule has 7 heteroatoms. The van der Waals surface area contributed by atoms with Crippen molar-refractivity contribution in [1.29, 1.82) is 0 Å². The van der Waals surface area contributed by atoms with Crippen LogP contribution in [-0.4, -0.2) is 42.9 Å². The molecular weight excluding hydrogens is 396 g/mol. The molecule has 0 spiro atoms. The maximum Gasteiger partial charge on any atom is 0.325 e. The lowest BCUT2D eigenvalue weighted by atomic mass is 10.0. The number of carbonyl (C=O) groups is 1. The molecule has 0 aliphatic carbocycles. The Morgan fingerprint density at radius 1 is 1.00 bits per heavy atom. The van der Waals surface area contributed by atoms with Gasteiger partial charge in [-0.2, -0.15) is 0 Å². The molecule has 2 aliphatic rings. The zero-order valence-corrected chi connectivity index (χ0v) is 17.7. The van der Waals surface area contributed by atoms with E-state index in [1.165, 1.54) is 0 Å². The molecule has 4 rings (SSSR count). The zero-order valence-electron chi connectivity index (χ0n) is 16.1. The molecule has 0 N–H and O–H groups in total. The zero-order chi connectivity index (χ0) is 20.2. The van der Waals surface area contributed by atoms with Crippen molar-refractivity contribution in [2.45, 2.75) is 39.4 Å². The first kappa shape index (κ1) is 19.3. The van der Waals surface area contributed by atoms with Gasteiger partial charge in [0, 0.05) is 17.3 Å². The van der Waals surface area contributed by atoms with E-state index in [9.17, 15) is 13.2 Å². The van der Waals surface area contributed by atoms with Crippen LogP contribution in [-0.2, 0) is 16.4 Å². The van der Waals surface area contributed by atoms with Crippen LogP contribution in [0.2, 0.25) is 5.02 Å². The van der Waals surface area contributed by atoms with E-state index in [4.69, 9.17) is 11.6 Å². The second kappa shape index (κ2) is 6.78. The highest BCUT2D eigenvalue weighted by Gasteiger charge is 2.53. The third-order valence-corrected chi connectivity index (χ3v) is 7.86. The predicted octanol–water partition coefficient (Wildman–Crippen LogP) is 3.87. The Labute approximate surface area is 170 Å². The number of halogens is 1. The summed E-state index contributed by atoms with van der Waals surface area (Å²) in [6, 6.07) is 10.7. The molecule has 0 unspecified atom stereocenters. The minimum absolute atomic E-state index is 0.00433. The van der Waals surface area contributed by atoms with Crippen molar-refractivity contribution < 1.29 is 13.2 Å². The van der Waals surface area contributed by atoms with Crippen LogP contribution in [0.5, 0.6) is 0 Å². The van der Waals surface area contributed by atoms with Crippen LogP contribution >= 0.6 is 11.6 Å². The van der Waals surface area contributed by atoms with E-state index < -0.39 is 9.84 Å². The average molecular weight is 419 g/mol. The number of anilines is 1. The molecular formula is C21H23ClN2O3S. The molecule has 2 heterocycles. The topological polar surface area (TPSA) is 57.7 Å². The van der Waals surface area contributed by atoms with E-state index in [1.807, 2.05) is 45.0 Å². The summed E-state index contributed by atoms with van der Waals surface area (Å²) in [6.07, 6.45) is 0. The fourth-order valence-electron chi connectivity index (χ4n) is 4.15. The van der Waals surface area contributed by atoms with Gasteiger partial charge in [-0.15, -0.1) is 0 Å². The molecule has 28 heavy (non-hydrogen) atoms. The monoisotopic (exact) mass is 418 g/mol. The van der Waals surface area contributed by atoms with Crippen LogP contribution in [0.15, 0.2) is 36.4 Å². The summed E-state index contributed by atoms with van der Waals surface area (Å²) < 4.78 is 24.8. The molecule has 2 saturated heterocycles. The molecule has 2 amide bonds. The van der Waals surface area contributed by atoms with Gasteiger partial charge in [-0.3, -0.25) is 4.90 Å². The van der Waals surface area contributed by atoms with Gasteiger partial charge in [0.05, 0.1) is 23.6 Å². The molecule has 2 fully saturated rings. The standard InChI is InChI=1S/C21H23ClN2O3S/c1-13-4-5-14(2)16(8-13)10-23-19-11-28(26,27)12-20(19)24(21(23)25)17-7-6-15(3)18(22)9-17/h4-9,19-20H,10-12H2,1-3H3/t19-,20+/m0/s1. The number of benzene rings is 2. The Hall–Kier alpha value is -2.05. The molecule has 0 bridgehead atoms. The Balaban J connectivity index is 1.74. The summed E-state index contributed by atoms with van der Waals surface area (Å²) in [4.78, 5) is 16.7. The number of urea groups is 1. The number of sulfone groups is 1. The van der Waals surface area contributed by atoms with Gasteiger partial charge in [0.15, 0.2) is 9.84 Å². The number of hydrogen-bond acceptors (Lipinski definition) is 3. The van der Waals surface area contributed by atoms with E-state index in [2.05, 4.69) is 6.07 Å². The minimum atomic E-state index is -3.20. The van der Waals surface area contributed by atoms with Gasteiger partial charge in [-0.1, -0.05) is 41.4 Å². The quantitative estimate of drug-likeness (QED) is 0.711. The lowest BCUT2D eigenvalue weighted by Crippen LogP contribution is -2.37. The Kier molecular flexibility index (Phi) is 4.67. The van der Waals surface area contributed by atoms with E-state index in [0.29, 0.717) is 17.3 Å². The van der Waals surface area contributed by atoms with Gasteiger partial charge >= 0.3 is 6.03 Å². The largest absolute Gasteiger partial charge is 0.325 e. The number of aryl methyl sites for hydroxylation is 3. The smallest absolute Gasteiger partial charge is 0.314 e. The highest BCUT2D eigenvalue weighted by molar-refractivity contribution is 7.91. The first-order valence-corrected chi connectivity index (χ1v) is 11.5. The van der Waals surface area contributed by atoms with Crippen molar-refractivity contribution in [3.05, 3.63) is 63.7 Å². The van der Waals surface area contributed by atoms with Crippen LogP contribution in [0.3, 0.4) is 0 Å². The molecule has 2 aromatic rings. The van der Waals surface area contributed by atoms with Crippen molar-refractivity contribution in [1.82, 2.24) is 4.90 Å². The first-order valence-electron chi connectivity index (χ1n) is 9.29. The van der Waals surface area contributed by atoms with Gasteiger partial charge in [0.25, 0.3) is 0 Å². The summed E-state index contributed by atoms with van der Waals surface area (Å²) in [6.45, 7) is 6.32. The first-order chi connectivity index (χ1) is 13.2. The van der Waals surface area contributed by atoms with Crippen LogP contribution in [0.4, 0.5) is 10.5 Å². The Bertz CT molecular complexity index is 1070. The van der Waals surface area contributed by atoms with Crippen molar-refractivity contribution >= 4 is 33.2 Å². The van der Waals surface area contributed by atoms with Crippen LogP contribution in [0, 0.1) is 20.8 Å². The van der Waals surface area contributed by atoms with Crippen molar-refractivity contribution in [3.8, 4) is 0 Å². The van der Waals surface area contributed by atoms with Crippen LogP contribution < -0.4 is 4.90 Å². The van der Waals surface area contributed by atoms with Crippen molar-refractivity contribution in [3.63, 3.8) is 0 Å². The van der Waals surface area contributed by atoms with Gasteiger partial charge in [0.1, 0.15) is 0 Å². The summed E-state index contributed by atoms with van der Waals surface area (Å²) in [7, 11) is -3.20. The SMILES string of the molecule is Cc1ccc(C)c(CN2C(=O)N(c3ccc(C)c(Cl)c3)[C@@H]3CS(=O)(=O)C[C@@H]32)c1. The Morgan fingerprint density at radius 3 is 2.39 bits per heavy atom. The van der Waals surface area contributed by atoms with E-state index in [1.54, 1.807) is 15.9 Å². The fraction of sp³-hybridized carbons (Fsp3) is 0.381. The number of hydrogen-bond donors (Lipinski definition) is 0. The Morgan fingerprint density at radius 2 is 1.68 bits per heavy atom.